The van der Waals surface area contributed by atoms with Crippen LogP contribution >= 0.6 is 0 Å². The van der Waals surface area contributed by atoms with Crippen LogP contribution in [-0.2, 0) is 0 Å². The van der Waals surface area contributed by atoms with Crippen LogP contribution in [0.2, 0.25) is 0 Å². The summed E-state index contributed by atoms with van der Waals surface area (Å²) in [6.45, 7) is 3.66. The molecule has 58 valence electrons. The van der Waals surface area contributed by atoms with Gasteiger partial charge in [-0.2, -0.15) is 0 Å². The number of hydrogen-bond donors (Lipinski definition) is 1. The van der Waals surface area contributed by atoms with E-state index in [1.807, 2.05) is 6.08 Å². The van der Waals surface area contributed by atoms with E-state index >= 15 is 0 Å². The van der Waals surface area contributed by atoms with Crippen LogP contribution in [0.15, 0.2) is 12.7 Å². The average Bonchev–Trinajstić information content (AvgIpc) is 2.67. The minimum atomic E-state index is 0.373. The summed E-state index contributed by atoms with van der Waals surface area (Å²) in [7, 11) is 0. The van der Waals surface area contributed by atoms with Crippen molar-refractivity contribution < 1.29 is 0 Å². The maximum absolute atomic E-state index is 5.79. The fraction of sp³-hybridized carbons (Fsp3) is 0.778. The molecule has 0 aromatic carbocycles. The van der Waals surface area contributed by atoms with Gasteiger partial charge in [-0.1, -0.05) is 18.9 Å². The molecule has 0 bridgehead atoms. The second-order valence-electron chi connectivity index (χ2n) is 3.31. The van der Waals surface area contributed by atoms with Crippen molar-refractivity contribution in [3.05, 3.63) is 12.7 Å². The Hall–Kier alpha value is -0.300. The summed E-state index contributed by atoms with van der Waals surface area (Å²) in [4.78, 5) is 0. The number of rotatable bonds is 5. The van der Waals surface area contributed by atoms with Crippen LogP contribution in [0.25, 0.3) is 0 Å². The lowest BCUT2D eigenvalue weighted by atomic mass is 10.1. The maximum Gasteiger partial charge on any atom is 0.00734 e. The summed E-state index contributed by atoms with van der Waals surface area (Å²) >= 11 is 0. The first-order valence-corrected chi connectivity index (χ1v) is 4.19. The van der Waals surface area contributed by atoms with Crippen LogP contribution in [0.3, 0.4) is 0 Å². The smallest absolute Gasteiger partial charge is 0.00734 e. The number of nitrogens with two attached hydrogens (primary N) is 1. The highest BCUT2D eigenvalue weighted by Crippen LogP contribution is 2.33. The molecular weight excluding hydrogens is 122 g/mol. The lowest BCUT2D eigenvalue weighted by Gasteiger charge is -2.06. The van der Waals surface area contributed by atoms with Crippen LogP contribution in [0.4, 0.5) is 0 Å². The zero-order valence-corrected chi connectivity index (χ0v) is 6.55. The molecule has 0 spiro atoms. The first kappa shape index (κ1) is 7.80. The molecule has 2 N–H and O–H groups in total. The molecular formula is C9H17N. The van der Waals surface area contributed by atoms with E-state index in [9.17, 15) is 0 Å². The van der Waals surface area contributed by atoms with Gasteiger partial charge in [0.25, 0.3) is 0 Å². The molecule has 0 amide bonds. The molecule has 0 saturated heterocycles. The first-order chi connectivity index (χ1) is 4.83. The fourth-order valence-corrected chi connectivity index (χ4v) is 1.19. The summed E-state index contributed by atoms with van der Waals surface area (Å²) in [6, 6.07) is 0.373. The SMILES string of the molecule is C=CCC(N)CCC1CC1. The highest BCUT2D eigenvalue weighted by molar-refractivity contribution is 4.79. The molecule has 1 rings (SSSR count). The molecule has 1 saturated carbocycles. The third-order valence-corrected chi connectivity index (χ3v) is 2.11. The molecule has 1 aliphatic carbocycles. The second kappa shape index (κ2) is 3.77. The fourth-order valence-electron chi connectivity index (χ4n) is 1.19. The molecule has 0 aromatic heterocycles. The minimum absolute atomic E-state index is 0.373. The van der Waals surface area contributed by atoms with E-state index in [1.54, 1.807) is 0 Å². The van der Waals surface area contributed by atoms with Crippen molar-refractivity contribution in [2.24, 2.45) is 11.7 Å². The van der Waals surface area contributed by atoms with Gasteiger partial charge in [-0.05, 0) is 25.2 Å². The molecule has 1 nitrogen and oxygen atoms in total. The highest BCUT2D eigenvalue weighted by Gasteiger charge is 2.21. The molecule has 1 fully saturated rings. The van der Waals surface area contributed by atoms with Crippen molar-refractivity contribution >= 4 is 0 Å². The van der Waals surface area contributed by atoms with E-state index in [2.05, 4.69) is 6.58 Å². The summed E-state index contributed by atoms with van der Waals surface area (Å²) in [6.07, 6.45) is 8.32. The van der Waals surface area contributed by atoms with Crippen LogP contribution in [0.5, 0.6) is 0 Å². The molecule has 0 aliphatic heterocycles. The molecule has 10 heavy (non-hydrogen) atoms. The van der Waals surface area contributed by atoms with Gasteiger partial charge in [-0.25, -0.2) is 0 Å². The molecule has 0 heterocycles. The van der Waals surface area contributed by atoms with Crippen LogP contribution < -0.4 is 5.73 Å². The summed E-state index contributed by atoms with van der Waals surface area (Å²) in [5.41, 5.74) is 5.79. The maximum atomic E-state index is 5.79. The molecule has 1 unspecified atom stereocenters. The molecule has 0 radical (unpaired) electrons. The minimum Gasteiger partial charge on any atom is -0.327 e. The quantitative estimate of drug-likeness (QED) is 0.580. The molecule has 1 aliphatic rings. The Morgan fingerprint density at radius 2 is 2.30 bits per heavy atom. The Morgan fingerprint density at radius 1 is 1.60 bits per heavy atom. The van der Waals surface area contributed by atoms with Crippen molar-refractivity contribution in [3.8, 4) is 0 Å². The molecule has 1 atom stereocenters. The van der Waals surface area contributed by atoms with E-state index in [4.69, 9.17) is 5.73 Å². The summed E-state index contributed by atoms with van der Waals surface area (Å²) in [5.74, 6) is 1.02. The van der Waals surface area contributed by atoms with E-state index in [0.29, 0.717) is 6.04 Å². The first-order valence-electron chi connectivity index (χ1n) is 4.19. The van der Waals surface area contributed by atoms with Crippen molar-refractivity contribution in [2.75, 3.05) is 0 Å². The van der Waals surface area contributed by atoms with Crippen molar-refractivity contribution in [2.45, 2.75) is 38.1 Å². The highest BCUT2D eigenvalue weighted by atomic mass is 14.6. The van der Waals surface area contributed by atoms with Gasteiger partial charge in [0.1, 0.15) is 0 Å². The Morgan fingerprint density at radius 3 is 2.80 bits per heavy atom. The van der Waals surface area contributed by atoms with Gasteiger partial charge in [0.15, 0.2) is 0 Å². The van der Waals surface area contributed by atoms with E-state index < -0.39 is 0 Å². The van der Waals surface area contributed by atoms with Gasteiger partial charge >= 0.3 is 0 Å². The lowest BCUT2D eigenvalue weighted by molar-refractivity contribution is 0.558. The van der Waals surface area contributed by atoms with E-state index in [0.717, 1.165) is 12.3 Å². The Bertz CT molecular complexity index is 105. The number of hydrogen-bond acceptors (Lipinski definition) is 1. The third kappa shape index (κ3) is 3.02. The van der Waals surface area contributed by atoms with Gasteiger partial charge in [0, 0.05) is 6.04 Å². The normalized spacial score (nSPS) is 20.5. The summed E-state index contributed by atoms with van der Waals surface area (Å²) in [5, 5.41) is 0. The van der Waals surface area contributed by atoms with Crippen molar-refractivity contribution in [1.82, 2.24) is 0 Å². The Kier molecular flexibility index (Phi) is 2.94. The third-order valence-electron chi connectivity index (χ3n) is 2.11. The second-order valence-corrected chi connectivity index (χ2v) is 3.31. The van der Waals surface area contributed by atoms with Gasteiger partial charge in [0.05, 0.1) is 0 Å². The van der Waals surface area contributed by atoms with Crippen molar-refractivity contribution in [1.29, 1.82) is 0 Å². The Labute approximate surface area is 63.3 Å². The summed E-state index contributed by atoms with van der Waals surface area (Å²) < 4.78 is 0. The zero-order chi connectivity index (χ0) is 7.40. The van der Waals surface area contributed by atoms with Gasteiger partial charge in [0.2, 0.25) is 0 Å². The largest absolute Gasteiger partial charge is 0.327 e. The molecule has 1 heteroatoms. The van der Waals surface area contributed by atoms with E-state index in [-0.39, 0.29) is 0 Å². The van der Waals surface area contributed by atoms with E-state index in [1.165, 1.54) is 25.7 Å². The van der Waals surface area contributed by atoms with Gasteiger partial charge < -0.3 is 5.73 Å². The van der Waals surface area contributed by atoms with Gasteiger partial charge in [-0.3, -0.25) is 0 Å². The van der Waals surface area contributed by atoms with Gasteiger partial charge in [-0.15, -0.1) is 6.58 Å². The van der Waals surface area contributed by atoms with Crippen LogP contribution in [-0.4, -0.2) is 6.04 Å². The topological polar surface area (TPSA) is 26.0 Å². The zero-order valence-electron chi connectivity index (χ0n) is 6.55. The Balaban J connectivity index is 1.93. The monoisotopic (exact) mass is 139 g/mol. The lowest BCUT2D eigenvalue weighted by Crippen LogP contribution is -2.18. The standard InChI is InChI=1S/C9H17N/c1-2-3-9(10)7-6-8-4-5-8/h2,8-9H,1,3-7,10H2. The predicted molar refractivity (Wildman–Crippen MR) is 44.7 cm³/mol. The molecule has 0 aromatic rings. The van der Waals surface area contributed by atoms with Crippen LogP contribution in [0.1, 0.15) is 32.1 Å². The average molecular weight is 139 g/mol. The predicted octanol–water partition coefficient (Wildman–Crippen LogP) is 2.08. The van der Waals surface area contributed by atoms with Crippen LogP contribution in [0, 0.1) is 5.92 Å². The van der Waals surface area contributed by atoms with Crippen molar-refractivity contribution in [3.63, 3.8) is 0 Å².